The third-order valence-electron chi connectivity index (χ3n) is 4.64. The minimum atomic E-state index is -0.169. The molecule has 2 N–H and O–H groups in total. The van der Waals surface area contributed by atoms with Crippen LogP contribution in [-0.2, 0) is 13.0 Å². The van der Waals surface area contributed by atoms with E-state index in [4.69, 9.17) is 10.2 Å². The predicted molar refractivity (Wildman–Crippen MR) is 103 cm³/mol. The monoisotopic (exact) mass is 376 g/mol. The maximum atomic E-state index is 13.1. The van der Waals surface area contributed by atoms with Gasteiger partial charge in [0.05, 0.1) is 5.56 Å². The number of carbonyl (C=O) groups excluding carboxylic acids is 2. The van der Waals surface area contributed by atoms with Gasteiger partial charge in [-0.25, -0.2) is 0 Å². The van der Waals surface area contributed by atoms with E-state index < -0.39 is 0 Å². The smallest absolute Gasteiger partial charge is 0.290 e. The molecule has 1 aromatic carbocycles. The Bertz CT molecular complexity index is 771. The van der Waals surface area contributed by atoms with Crippen LogP contribution in [0, 0.1) is 6.92 Å². The molecule has 0 saturated carbocycles. The van der Waals surface area contributed by atoms with Crippen molar-refractivity contribution < 1.29 is 14.0 Å². The zero-order valence-electron chi connectivity index (χ0n) is 15.0. The van der Waals surface area contributed by atoms with Gasteiger partial charge in [-0.2, -0.15) is 0 Å². The van der Waals surface area contributed by atoms with Gasteiger partial charge in [0, 0.05) is 31.5 Å². The van der Waals surface area contributed by atoms with Gasteiger partial charge in [-0.3, -0.25) is 9.59 Å². The molecule has 0 unspecified atom stereocenters. The van der Waals surface area contributed by atoms with Crippen molar-refractivity contribution in [2.75, 3.05) is 13.1 Å². The number of aryl methyl sites for hydroxylation is 1. The summed E-state index contributed by atoms with van der Waals surface area (Å²) in [7, 11) is 0. The van der Waals surface area contributed by atoms with E-state index in [2.05, 4.69) is 0 Å². The molecule has 0 atom stereocenters. The summed E-state index contributed by atoms with van der Waals surface area (Å²) < 4.78 is 5.82. The van der Waals surface area contributed by atoms with Gasteiger partial charge in [-0.1, -0.05) is 30.3 Å². The Kier molecular flexibility index (Phi) is 7.00. The second kappa shape index (κ2) is 9.01. The molecule has 0 bridgehead atoms. The molecule has 140 valence electrons. The highest BCUT2D eigenvalue weighted by Crippen LogP contribution is 2.30. The highest BCUT2D eigenvalue weighted by Gasteiger charge is 2.30. The van der Waals surface area contributed by atoms with E-state index in [-0.39, 0.29) is 24.1 Å². The van der Waals surface area contributed by atoms with Crippen molar-refractivity contribution in [2.45, 2.75) is 39.2 Å². The van der Waals surface area contributed by atoms with E-state index >= 15 is 0 Å². The number of amides is 1. The first-order valence-electron chi connectivity index (χ1n) is 8.80. The number of nitrogens with two attached hydrogens (primary N) is 1. The van der Waals surface area contributed by atoms with Gasteiger partial charge in [0.1, 0.15) is 5.76 Å². The van der Waals surface area contributed by atoms with Crippen LogP contribution in [0.2, 0.25) is 0 Å². The minimum absolute atomic E-state index is 0. The van der Waals surface area contributed by atoms with Crippen molar-refractivity contribution in [3.05, 3.63) is 58.5 Å². The Hall–Kier alpha value is -2.11. The molecule has 0 fully saturated rings. The second-order valence-corrected chi connectivity index (χ2v) is 6.49. The molecule has 1 aromatic heterocycles. The lowest BCUT2D eigenvalue weighted by molar-refractivity contribution is 0.0706. The first-order valence-corrected chi connectivity index (χ1v) is 8.80. The molecule has 6 heteroatoms. The first-order chi connectivity index (χ1) is 12.1. The fourth-order valence-electron chi connectivity index (χ4n) is 3.33. The molecule has 0 spiro atoms. The zero-order valence-corrected chi connectivity index (χ0v) is 15.8. The summed E-state index contributed by atoms with van der Waals surface area (Å²) in [5.41, 5.74) is 7.98. The van der Waals surface area contributed by atoms with E-state index in [0.29, 0.717) is 48.7 Å². The number of hydrogen-bond acceptors (Lipinski definition) is 4. The van der Waals surface area contributed by atoms with E-state index in [9.17, 15) is 9.59 Å². The summed E-state index contributed by atoms with van der Waals surface area (Å²) in [5, 5.41) is 0. The van der Waals surface area contributed by atoms with Gasteiger partial charge in [0.25, 0.3) is 5.91 Å². The summed E-state index contributed by atoms with van der Waals surface area (Å²) in [6, 6.07) is 9.84. The Labute approximate surface area is 160 Å². The SMILES string of the molecule is Cc1c(C(=O)N(CCCN)Cc2ccccc2)oc2c1C(=O)CCC2.Cl. The van der Waals surface area contributed by atoms with E-state index in [1.807, 2.05) is 37.3 Å². The summed E-state index contributed by atoms with van der Waals surface area (Å²) in [4.78, 5) is 27.0. The van der Waals surface area contributed by atoms with Gasteiger partial charge in [0.15, 0.2) is 11.5 Å². The third-order valence-corrected chi connectivity index (χ3v) is 4.64. The molecule has 1 amide bonds. The second-order valence-electron chi connectivity index (χ2n) is 6.49. The topological polar surface area (TPSA) is 76.5 Å². The van der Waals surface area contributed by atoms with Crippen molar-refractivity contribution in [1.82, 2.24) is 4.90 Å². The summed E-state index contributed by atoms with van der Waals surface area (Å²) >= 11 is 0. The molecule has 0 radical (unpaired) electrons. The van der Waals surface area contributed by atoms with Crippen LogP contribution in [0.25, 0.3) is 0 Å². The van der Waals surface area contributed by atoms with Crippen LogP contribution in [0.5, 0.6) is 0 Å². The molecular formula is C20H25ClN2O3. The van der Waals surface area contributed by atoms with E-state index in [0.717, 1.165) is 24.8 Å². The van der Waals surface area contributed by atoms with Crippen LogP contribution in [0.1, 0.15) is 57.1 Å². The zero-order chi connectivity index (χ0) is 17.8. The highest BCUT2D eigenvalue weighted by atomic mass is 35.5. The Morgan fingerprint density at radius 1 is 1.23 bits per heavy atom. The van der Waals surface area contributed by atoms with Crippen LogP contribution in [0.15, 0.2) is 34.7 Å². The Morgan fingerprint density at radius 3 is 2.62 bits per heavy atom. The number of hydrogen-bond donors (Lipinski definition) is 1. The van der Waals surface area contributed by atoms with Gasteiger partial charge < -0.3 is 15.1 Å². The summed E-state index contributed by atoms with van der Waals surface area (Å²) in [6.07, 6.45) is 2.75. The number of fused-ring (bicyclic) bond motifs is 1. The van der Waals surface area contributed by atoms with Crippen LogP contribution < -0.4 is 5.73 Å². The quantitative estimate of drug-likeness (QED) is 0.836. The average Bonchev–Trinajstić information content (AvgIpc) is 2.97. The van der Waals surface area contributed by atoms with Crippen molar-refractivity contribution in [1.29, 1.82) is 0 Å². The fourth-order valence-corrected chi connectivity index (χ4v) is 3.33. The van der Waals surface area contributed by atoms with Crippen LogP contribution in [0.4, 0.5) is 0 Å². The minimum Gasteiger partial charge on any atom is -0.455 e. The van der Waals surface area contributed by atoms with E-state index in [1.54, 1.807) is 4.90 Å². The largest absolute Gasteiger partial charge is 0.455 e. The molecular weight excluding hydrogens is 352 g/mol. The summed E-state index contributed by atoms with van der Waals surface area (Å²) in [6.45, 7) is 3.38. The Balaban J connectivity index is 0.00000243. The predicted octanol–water partition coefficient (Wildman–Crippen LogP) is 3.52. The number of halogens is 1. The standard InChI is InChI=1S/C20H24N2O3.ClH/c1-14-18-16(23)9-5-10-17(18)25-19(14)20(24)22(12-6-11-21)13-15-7-3-2-4-8-15;/h2-4,7-8H,5-6,9-13,21H2,1H3;1H. The van der Waals surface area contributed by atoms with Crippen LogP contribution in [0.3, 0.4) is 0 Å². The highest BCUT2D eigenvalue weighted by molar-refractivity contribution is 6.03. The maximum absolute atomic E-state index is 13.1. The lowest BCUT2D eigenvalue weighted by atomic mass is 9.94. The average molecular weight is 377 g/mol. The molecule has 1 heterocycles. The normalized spacial score (nSPS) is 13.1. The lowest BCUT2D eigenvalue weighted by Gasteiger charge is -2.22. The summed E-state index contributed by atoms with van der Waals surface area (Å²) in [5.74, 6) is 0.874. The number of rotatable bonds is 6. The maximum Gasteiger partial charge on any atom is 0.290 e. The fraction of sp³-hybridized carbons (Fsp3) is 0.400. The third kappa shape index (κ3) is 4.17. The first kappa shape index (κ1) is 20.2. The van der Waals surface area contributed by atoms with Gasteiger partial charge in [-0.15, -0.1) is 12.4 Å². The molecule has 2 aromatic rings. The van der Waals surface area contributed by atoms with Crippen molar-refractivity contribution in [2.24, 2.45) is 5.73 Å². The lowest BCUT2D eigenvalue weighted by Crippen LogP contribution is -2.32. The number of furan rings is 1. The van der Waals surface area contributed by atoms with E-state index in [1.165, 1.54) is 0 Å². The van der Waals surface area contributed by atoms with Crippen molar-refractivity contribution in [3.63, 3.8) is 0 Å². The molecule has 1 aliphatic rings. The van der Waals surface area contributed by atoms with Crippen LogP contribution in [-0.4, -0.2) is 29.7 Å². The van der Waals surface area contributed by atoms with Crippen molar-refractivity contribution in [3.8, 4) is 0 Å². The molecule has 1 aliphatic carbocycles. The number of Topliss-reactive ketones (excluding diaryl/α,β-unsaturated/α-hetero) is 1. The molecule has 0 aliphatic heterocycles. The number of carbonyl (C=O) groups is 2. The van der Waals surface area contributed by atoms with Crippen molar-refractivity contribution >= 4 is 24.1 Å². The van der Waals surface area contributed by atoms with Crippen LogP contribution >= 0.6 is 12.4 Å². The van der Waals surface area contributed by atoms with Gasteiger partial charge >= 0.3 is 0 Å². The molecule has 26 heavy (non-hydrogen) atoms. The Morgan fingerprint density at radius 2 is 1.96 bits per heavy atom. The number of benzene rings is 1. The molecule has 5 nitrogen and oxygen atoms in total. The molecule has 0 saturated heterocycles. The van der Waals surface area contributed by atoms with Gasteiger partial charge in [0.2, 0.25) is 0 Å². The number of ketones is 1. The molecule has 3 rings (SSSR count). The number of nitrogens with zero attached hydrogens (tertiary/aromatic N) is 1. The van der Waals surface area contributed by atoms with Gasteiger partial charge in [-0.05, 0) is 31.9 Å².